The van der Waals surface area contributed by atoms with Crippen LogP contribution in [0, 0.1) is 6.92 Å². The molecule has 0 aliphatic heterocycles. The number of aryl methyl sites for hydroxylation is 1. The van der Waals surface area contributed by atoms with Gasteiger partial charge in [0.05, 0.1) is 12.6 Å². The quantitative estimate of drug-likeness (QED) is 0.866. The van der Waals surface area contributed by atoms with Crippen LogP contribution < -0.4 is 5.32 Å². The fourth-order valence-electron chi connectivity index (χ4n) is 2.55. The molecule has 0 amide bonds. The normalized spacial score (nSPS) is 12.4. The molecule has 2 nitrogen and oxygen atoms in total. The van der Waals surface area contributed by atoms with Crippen molar-refractivity contribution < 1.29 is 4.74 Å². The first-order valence-electron chi connectivity index (χ1n) is 7.16. The SMILES string of the molecule is CNC(c1ccc(CCOC)cc1)c1cc(C)cc(Cl)c1. The maximum Gasteiger partial charge on any atom is 0.0574 e. The van der Waals surface area contributed by atoms with E-state index in [1.165, 1.54) is 22.3 Å². The predicted octanol–water partition coefficient (Wildman–Crippen LogP) is 4.15. The van der Waals surface area contributed by atoms with Crippen LogP contribution >= 0.6 is 11.6 Å². The molecule has 0 aromatic heterocycles. The molecule has 0 bridgehead atoms. The van der Waals surface area contributed by atoms with E-state index in [-0.39, 0.29) is 6.04 Å². The van der Waals surface area contributed by atoms with Crippen LogP contribution in [0.15, 0.2) is 42.5 Å². The van der Waals surface area contributed by atoms with Gasteiger partial charge in [0.15, 0.2) is 0 Å². The van der Waals surface area contributed by atoms with Gasteiger partial charge in [-0.3, -0.25) is 0 Å². The summed E-state index contributed by atoms with van der Waals surface area (Å²) in [4.78, 5) is 0. The summed E-state index contributed by atoms with van der Waals surface area (Å²) in [6.45, 7) is 2.82. The van der Waals surface area contributed by atoms with E-state index >= 15 is 0 Å². The molecule has 0 radical (unpaired) electrons. The molecule has 1 N–H and O–H groups in total. The van der Waals surface area contributed by atoms with Crippen LogP contribution in [0.5, 0.6) is 0 Å². The van der Waals surface area contributed by atoms with Crippen LogP contribution in [-0.4, -0.2) is 20.8 Å². The lowest BCUT2D eigenvalue weighted by molar-refractivity contribution is 0.202. The second-order valence-corrected chi connectivity index (χ2v) is 5.70. The van der Waals surface area contributed by atoms with Crippen LogP contribution in [0.3, 0.4) is 0 Å². The van der Waals surface area contributed by atoms with E-state index in [0.29, 0.717) is 0 Å². The molecule has 2 aromatic rings. The zero-order valence-electron chi connectivity index (χ0n) is 12.8. The van der Waals surface area contributed by atoms with Crippen molar-refractivity contribution in [2.24, 2.45) is 0 Å². The summed E-state index contributed by atoms with van der Waals surface area (Å²) in [5, 5.41) is 4.15. The minimum absolute atomic E-state index is 0.152. The number of hydrogen-bond acceptors (Lipinski definition) is 2. The number of hydrogen-bond donors (Lipinski definition) is 1. The summed E-state index contributed by atoms with van der Waals surface area (Å²) in [6.07, 6.45) is 0.942. The molecule has 0 saturated heterocycles. The molecule has 3 heteroatoms. The van der Waals surface area contributed by atoms with E-state index in [4.69, 9.17) is 16.3 Å². The van der Waals surface area contributed by atoms with Gasteiger partial charge in [0.1, 0.15) is 0 Å². The third kappa shape index (κ3) is 4.31. The lowest BCUT2D eigenvalue weighted by Crippen LogP contribution is -2.17. The highest BCUT2D eigenvalue weighted by Crippen LogP contribution is 2.26. The topological polar surface area (TPSA) is 21.3 Å². The molecule has 1 atom stereocenters. The summed E-state index contributed by atoms with van der Waals surface area (Å²) >= 11 is 6.18. The second-order valence-electron chi connectivity index (χ2n) is 5.27. The molecule has 0 aliphatic carbocycles. The summed E-state index contributed by atoms with van der Waals surface area (Å²) < 4.78 is 5.11. The van der Waals surface area contributed by atoms with Gasteiger partial charge in [-0.15, -0.1) is 0 Å². The molecule has 21 heavy (non-hydrogen) atoms. The molecule has 0 fully saturated rings. The number of halogens is 1. The van der Waals surface area contributed by atoms with Gasteiger partial charge < -0.3 is 10.1 Å². The Kier molecular flexibility index (Phi) is 5.80. The molecular weight excluding hydrogens is 282 g/mol. The van der Waals surface area contributed by atoms with Crippen LogP contribution in [0.25, 0.3) is 0 Å². The summed E-state index contributed by atoms with van der Waals surface area (Å²) in [5.41, 5.74) is 4.89. The van der Waals surface area contributed by atoms with Gasteiger partial charge in [-0.1, -0.05) is 41.9 Å². The largest absolute Gasteiger partial charge is 0.384 e. The van der Waals surface area contributed by atoms with Crippen molar-refractivity contribution in [3.8, 4) is 0 Å². The number of benzene rings is 2. The third-order valence-electron chi connectivity index (χ3n) is 3.59. The van der Waals surface area contributed by atoms with E-state index in [9.17, 15) is 0 Å². The average molecular weight is 304 g/mol. The third-order valence-corrected chi connectivity index (χ3v) is 3.81. The maximum atomic E-state index is 6.18. The van der Waals surface area contributed by atoms with Crippen molar-refractivity contribution in [3.05, 3.63) is 69.7 Å². The van der Waals surface area contributed by atoms with Gasteiger partial charge in [0, 0.05) is 12.1 Å². The van der Waals surface area contributed by atoms with Gasteiger partial charge in [0.25, 0.3) is 0 Å². The Bertz CT molecular complexity index is 560. The highest BCUT2D eigenvalue weighted by molar-refractivity contribution is 6.30. The maximum absolute atomic E-state index is 6.18. The van der Waals surface area contributed by atoms with Crippen molar-refractivity contribution in [1.29, 1.82) is 0 Å². The average Bonchev–Trinajstić information content (AvgIpc) is 2.46. The Labute approximate surface area is 132 Å². The molecule has 0 saturated carbocycles. The zero-order valence-corrected chi connectivity index (χ0v) is 13.6. The first-order chi connectivity index (χ1) is 10.1. The fraction of sp³-hybridized carbons (Fsp3) is 0.333. The fourth-order valence-corrected chi connectivity index (χ4v) is 2.85. The standard InChI is InChI=1S/C18H22ClNO/c1-13-10-16(12-17(19)11-13)18(20-2)15-6-4-14(5-7-15)8-9-21-3/h4-7,10-12,18,20H,8-9H2,1-3H3. The van der Waals surface area contributed by atoms with Crippen LogP contribution in [0.1, 0.15) is 28.3 Å². The van der Waals surface area contributed by atoms with Crippen LogP contribution in [-0.2, 0) is 11.2 Å². The summed E-state index contributed by atoms with van der Waals surface area (Å²) in [5.74, 6) is 0. The van der Waals surface area contributed by atoms with E-state index < -0.39 is 0 Å². The van der Waals surface area contributed by atoms with Crippen molar-refractivity contribution in [2.75, 3.05) is 20.8 Å². The van der Waals surface area contributed by atoms with Gasteiger partial charge in [-0.05, 0) is 54.8 Å². The highest BCUT2D eigenvalue weighted by atomic mass is 35.5. The zero-order chi connectivity index (χ0) is 15.2. The number of rotatable bonds is 6. The Hall–Kier alpha value is -1.35. The van der Waals surface area contributed by atoms with Crippen LogP contribution in [0.2, 0.25) is 5.02 Å². The Morgan fingerprint density at radius 2 is 1.81 bits per heavy atom. The molecule has 0 spiro atoms. The van der Waals surface area contributed by atoms with Gasteiger partial charge >= 0.3 is 0 Å². The highest BCUT2D eigenvalue weighted by Gasteiger charge is 2.12. The van der Waals surface area contributed by atoms with E-state index in [1.807, 2.05) is 19.2 Å². The lowest BCUT2D eigenvalue weighted by Gasteiger charge is -2.18. The summed E-state index contributed by atoms with van der Waals surface area (Å²) in [7, 11) is 3.70. The minimum atomic E-state index is 0.152. The van der Waals surface area contributed by atoms with E-state index in [2.05, 4.69) is 42.6 Å². The monoisotopic (exact) mass is 303 g/mol. The molecule has 2 aromatic carbocycles. The van der Waals surface area contributed by atoms with Gasteiger partial charge in [-0.25, -0.2) is 0 Å². The first-order valence-corrected chi connectivity index (χ1v) is 7.54. The van der Waals surface area contributed by atoms with Crippen molar-refractivity contribution >= 4 is 11.6 Å². The minimum Gasteiger partial charge on any atom is -0.384 e. The van der Waals surface area contributed by atoms with Gasteiger partial charge in [-0.2, -0.15) is 0 Å². The van der Waals surface area contributed by atoms with Crippen molar-refractivity contribution in [1.82, 2.24) is 5.32 Å². The molecule has 0 aliphatic rings. The Balaban J connectivity index is 2.24. The lowest BCUT2D eigenvalue weighted by atomic mass is 9.96. The number of ether oxygens (including phenoxy) is 1. The van der Waals surface area contributed by atoms with E-state index in [1.54, 1.807) is 7.11 Å². The Morgan fingerprint density at radius 3 is 2.38 bits per heavy atom. The smallest absolute Gasteiger partial charge is 0.0574 e. The van der Waals surface area contributed by atoms with Crippen molar-refractivity contribution in [2.45, 2.75) is 19.4 Å². The van der Waals surface area contributed by atoms with Crippen molar-refractivity contribution in [3.63, 3.8) is 0 Å². The van der Waals surface area contributed by atoms with E-state index in [0.717, 1.165) is 18.1 Å². The first kappa shape index (κ1) is 16.0. The molecular formula is C18H22ClNO. The molecule has 2 rings (SSSR count). The summed E-state index contributed by atoms with van der Waals surface area (Å²) in [6, 6.07) is 15.0. The molecule has 0 heterocycles. The van der Waals surface area contributed by atoms with Gasteiger partial charge in [0.2, 0.25) is 0 Å². The number of methoxy groups -OCH3 is 1. The Morgan fingerprint density at radius 1 is 1.10 bits per heavy atom. The second kappa shape index (κ2) is 7.60. The number of nitrogens with one attached hydrogen (secondary N) is 1. The van der Waals surface area contributed by atoms with Crippen LogP contribution in [0.4, 0.5) is 0 Å². The predicted molar refractivity (Wildman–Crippen MR) is 89.1 cm³/mol. The molecule has 1 unspecified atom stereocenters. The molecule has 112 valence electrons.